The molecule has 2 heteroatoms. The molecule has 0 aliphatic rings. The Morgan fingerprint density at radius 2 is 1.05 bits per heavy atom. The largest absolute Gasteiger partial charge is 0.313 e. The van der Waals surface area contributed by atoms with Gasteiger partial charge in [0.1, 0.15) is 0 Å². The van der Waals surface area contributed by atoms with Crippen molar-refractivity contribution in [2.24, 2.45) is 22.0 Å². The van der Waals surface area contributed by atoms with Crippen LogP contribution in [0.1, 0.15) is 89.5 Å². The molecule has 0 bridgehead atoms. The quantitative estimate of drug-likeness (QED) is 0.716. The van der Waals surface area contributed by atoms with E-state index in [4.69, 9.17) is 5.73 Å². The SMILES string of the molecule is CC(C)(C)CN(C(C)(N)CC(C)(C)C)C(C)(C)C(C)(C)C. The van der Waals surface area contributed by atoms with Crippen LogP contribution in [0, 0.1) is 16.2 Å². The molecule has 0 aromatic heterocycles. The van der Waals surface area contributed by atoms with E-state index in [1.165, 1.54) is 0 Å². The zero-order chi connectivity index (χ0) is 17.5. The van der Waals surface area contributed by atoms with Gasteiger partial charge in [0, 0.05) is 12.1 Å². The minimum atomic E-state index is -0.317. The first-order chi connectivity index (χ1) is 8.80. The Labute approximate surface area is 134 Å². The van der Waals surface area contributed by atoms with Gasteiger partial charge in [0.2, 0.25) is 0 Å². The summed E-state index contributed by atoms with van der Waals surface area (Å²) in [6.07, 6.45) is 0.982. The smallest absolute Gasteiger partial charge is 0.0667 e. The molecule has 0 fully saturated rings. The summed E-state index contributed by atoms with van der Waals surface area (Å²) in [5, 5.41) is 0. The van der Waals surface area contributed by atoms with Crippen LogP contribution in [0.2, 0.25) is 0 Å². The average molecular weight is 299 g/mol. The van der Waals surface area contributed by atoms with Crippen molar-refractivity contribution in [2.45, 2.75) is 101 Å². The summed E-state index contributed by atoms with van der Waals surface area (Å²) in [7, 11) is 0. The van der Waals surface area contributed by atoms with Crippen LogP contribution in [0.4, 0.5) is 0 Å². The number of nitrogens with zero attached hydrogens (tertiary/aromatic N) is 1. The lowest BCUT2D eigenvalue weighted by Gasteiger charge is -2.57. The molecule has 0 aromatic rings. The highest BCUT2D eigenvalue weighted by Gasteiger charge is 2.47. The molecule has 1 unspecified atom stereocenters. The molecule has 0 aliphatic carbocycles. The summed E-state index contributed by atoms with van der Waals surface area (Å²) in [6, 6.07) is 0. The Kier molecular flexibility index (Phi) is 5.83. The highest BCUT2D eigenvalue weighted by molar-refractivity contribution is 5.00. The average Bonchev–Trinajstić information content (AvgIpc) is 2.06. The van der Waals surface area contributed by atoms with Crippen molar-refractivity contribution in [3.63, 3.8) is 0 Å². The molecule has 0 aliphatic heterocycles. The van der Waals surface area contributed by atoms with Gasteiger partial charge in [0.25, 0.3) is 0 Å². The van der Waals surface area contributed by atoms with E-state index < -0.39 is 0 Å². The molecule has 0 heterocycles. The van der Waals surface area contributed by atoms with Crippen LogP contribution < -0.4 is 5.73 Å². The molecular weight excluding hydrogens is 256 g/mol. The van der Waals surface area contributed by atoms with E-state index in [0.717, 1.165) is 13.0 Å². The van der Waals surface area contributed by atoms with Gasteiger partial charge >= 0.3 is 0 Å². The summed E-state index contributed by atoms with van der Waals surface area (Å²) < 4.78 is 0. The Hall–Kier alpha value is -0.0800. The number of rotatable bonds is 4. The molecule has 0 saturated carbocycles. The highest BCUT2D eigenvalue weighted by atomic mass is 15.3. The second kappa shape index (κ2) is 5.85. The van der Waals surface area contributed by atoms with Gasteiger partial charge in [-0.1, -0.05) is 62.3 Å². The van der Waals surface area contributed by atoms with Crippen molar-refractivity contribution in [2.75, 3.05) is 6.54 Å². The van der Waals surface area contributed by atoms with Crippen LogP contribution in [0.5, 0.6) is 0 Å². The first kappa shape index (κ1) is 20.9. The molecule has 0 radical (unpaired) electrons. The number of hydrogen-bond donors (Lipinski definition) is 1. The molecule has 0 saturated heterocycles. The molecule has 21 heavy (non-hydrogen) atoms. The lowest BCUT2D eigenvalue weighted by molar-refractivity contribution is -0.0834. The molecule has 1 atom stereocenters. The van der Waals surface area contributed by atoms with Crippen molar-refractivity contribution in [1.29, 1.82) is 0 Å². The molecule has 0 spiro atoms. The Bertz CT molecular complexity index is 332. The first-order valence-corrected chi connectivity index (χ1v) is 8.36. The topological polar surface area (TPSA) is 29.3 Å². The van der Waals surface area contributed by atoms with E-state index in [2.05, 4.69) is 88.0 Å². The van der Waals surface area contributed by atoms with Crippen LogP contribution in [-0.2, 0) is 0 Å². The van der Waals surface area contributed by atoms with Crippen molar-refractivity contribution in [1.82, 2.24) is 4.90 Å². The monoisotopic (exact) mass is 298 g/mol. The van der Waals surface area contributed by atoms with Crippen LogP contribution in [0.15, 0.2) is 0 Å². The van der Waals surface area contributed by atoms with E-state index in [0.29, 0.717) is 0 Å². The molecule has 2 N–H and O–H groups in total. The minimum absolute atomic E-state index is 0.0228. The fraction of sp³-hybridized carbons (Fsp3) is 1.00. The fourth-order valence-electron chi connectivity index (χ4n) is 3.07. The fourth-order valence-corrected chi connectivity index (χ4v) is 3.07. The Balaban J connectivity index is 5.74. The third-order valence-corrected chi connectivity index (χ3v) is 4.65. The van der Waals surface area contributed by atoms with E-state index in [-0.39, 0.29) is 27.4 Å². The van der Waals surface area contributed by atoms with Crippen LogP contribution in [-0.4, -0.2) is 22.6 Å². The summed E-state index contributed by atoms with van der Waals surface area (Å²) in [5.41, 5.74) is 7.17. The maximum atomic E-state index is 6.86. The van der Waals surface area contributed by atoms with Gasteiger partial charge in [-0.05, 0) is 43.4 Å². The summed E-state index contributed by atoms with van der Waals surface area (Å²) >= 11 is 0. The van der Waals surface area contributed by atoms with Crippen molar-refractivity contribution in [3.05, 3.63) is 0 Å². The van der Waals surface area contributed by atoms with Gasteiger partial charge in [-0.3, -0.25) is 4.90 Å². The Morgan fingerprint density at radius 1 is 0.667 bits per heavy atom. The van der Waals surface area contributed by atoms with Gasteiger partial charge in [-0.2, -0.15) is 0 Å². The van der Waals surface area contributed by atoms with Gasteiger partial charge in [0.05, 0.1) is 5.66 Å². The normalized spacial score (nSPS) is 18.0. The minimum Gasteiger partial charge on any atom is -0.313 e. The van der Waals surface area contributed by atoms with E-state index in [1.54, 1.807) is 0 Å². The zero-order valence-electron chi connectivity index (χ0n) is 16.9. The maximum absolute atomic E-state index is 6.86. The van der Waals surface area contributed by atoms with Gasteiger partial charge in [0.15, 0.2) is 0 Å². The molecular formula is C19H42N2. The first-order valence-electron chi connectivity index (χ1n) is 8.36. The van der Waals surface area contributed by atoms with E-state index in [9.17, 15) is 0 Å². The zero-order valence-corrected chi connectivity index (χ0v) is 16.9. The van der Waals surface area contributed by atoms with Gasteiger partial charge in [-0.25, -0.2) is 0 Å². The molecule has 128 valence electrons. The van der Waals surface area contributed by atoms with Crippen LogP contribution in [0.3, 0.4) is 0 Å². The third-order valence-electron chi connectivity index (χ3n) is 4.65. The predicted octanol–water partition coefficient (Wildman–Crippen LogP) is 5.27. The van der Waals surface area contributed by atoms with Crippen LogP contribution >= 0.6 is 0 Å². The second-order valence-electron chi connectivity index (χ2n) is 11.1. The van der Waals surface area contributed by atoms with E-state index in [1.807, 2.05) is 0 Å². The second-order valence-corrected chi connectivity index (χ2v) is 11.1. The molecule has 0 amide bonds. The van der Waals surface area contributed by atoms with Gasteiger partial charge in [-0.15, -0.1) is 0 Å². The van der Waals surface area contributed by atoms with Crippen molar-refractivity contribution in [3.8, 4) is 0 Å². The molecule has 0 aromatic carbocycles. The summed E-state index contributed by atoms with van der Waals surface area (Å²) in [6.45, 7) is 28.6. The van der Waals surface area contributed by atoms with Gasteiger partial charge < -0.3 is 5.73 Å². The lowest BCUT2D eigenvalue weighted by atomic mass is 9.71. The number of hydrogen-bond acceptors (Lipinski definition) is 2. The number of nitrogens with two attached hydrogens (primary N) is 1. The highest BCUT2D eigenvalue weighted by Crippen LogP contribution is 2.42. The van der Waals surface area contributed by atoms with E-state index >= 15 is 0 Å². The van der Waals surface area contributed by atoms with Crippen molar-refractivity contribution < 1.29 is 0 Å². The van der Waals surface area contributed by atoms with Crippen LogP contribution in [0.25, 0.3) is 0 Å². The third kappa shape index (κ3) is 6.28. The lowest BCUT2D eigenvalue weighted by Crippen LogP contribution is -2.68. The predicted molar refractivity (Wildman–Crippen MR) is 96.4 cm³/mol. The Morgan fingerprint density at radius 3 is 1.29 bits per heavy atom. The summed E-state index contributed by atoms with van der Waals surface area (Å²) in [5.74, 6) is 0. The maximum Gasteiger partial charge on any atom is 0.0667 e. The van der Waals surface area contributed by atoms with Crippen molar-refractivity contribution >= 4 is 0 Å². The summed E-state index contributed by atoms with van der Waals surface area (Å²) in [4.78, 5) is 2.55. The molecule has 0 rings (SSSR count). The molecule has 2 nitrogen and oxygen atoms in total. The standard InChI is InChI=1S/C19H42N2/c1-15(2,3)13-19(12,20)21(14-16(4,5)6)18(10,11)17(7,8)9/h13-14,20H2,1-12H3.